The lowest BCUT2D eigenvalue weighted by Gasteiger charge is -2.35. The first-order valence-corrected chi connectivity index (χ1v) is 10.2. The fraction of sp³-hybridized carbons (Fsp3) is 0.391. The number of rotatable bonds is 7. The summed E-state index contributed by atoms with van der Waals surface area (Å²) in [7, 11) is 1.49. The van der Waals surface area contributed by atoms with Gasteiger partial charge in [-0.05, 0) is 24.5 Å². The molecular formula is C23H26FN3O3. The first-order chi connectivity index (χ1) is 14.5. The van der Waals surface area contributed by atoms with Gasteiger partial charge in [-0.1, -0.05) is 36.4 Å². The number of nitrogens with one attached hydrogen (secondary N) is 2. The Bertz CT molecular complexity index is 931. The highest BCUT2D eigenvalue weighted by atomic mass is 19.1. The summed E-state index contributed by atoms with van der Waals surface area (Å²) < 4.78 is 19.5. The van der Waals surface area contributed by atoms with Gasteiger partial charge in [-0.3, -0.25) is 14.5 Å². The fourth-order valence-electron chi connectivity index (χ4n) is 4.04. The molecule has 2 N–H and O–H groups in total. The molecular weight excluding hydrogens is 385 g/mol. The molecule has 0 bridgehead atoms. The topological polar surface area (TPSA) is 70.7 Å². The molecule has 0 spiro atoms. The first kappa shape index (κ1) is 20.3. The quantitative estimate of drug-likeness (QED) is 0.734. The van der Waals surface area contributed by atoms with Crippen molar-refractivity contribution >= 4 is 11.8 Å². The number of benzene rings is 2. The minimum absolute atomic E-state index is 0.0399. The molecule has 1 heterocycles. The van der Waals surface area contributed by atoms with Gasteiger partial charge in [-0.25, -0.2) is 4.39 Å². The third kappa shape index (κ3) is 4.31. The zero-order valence-electron chi connectivity index (χ0n) is 17.0. The zero-order valence-corrected chi connectivity index (χ0v) is 17.0. The summed E-state index contributed by atoms with van der Waals surface area (Å²) in [5.74, 6) is -0.308. The Morgan fingerprint density at radius 3 is 2.70 bits per heavy atom. The van der Waals surface area contributed by atoms with E-state index < -0.39 is 6.04 Å². The minimum Gasteiger partial charge on any atom is -0.497 e. The summed E-state index contributed by atoms with van der Waals surface area (Å²) >= 11 is 0. The van der Waals surface area contributed by atoms with Crippen molar-refractivity contribution in [2.24, 2.45) is 0 Å². The summed E-state index contributed by atoms with van der Waals surface area (Å²) in [6, 6.07) is 13.9. The molecule has 1 atom stereocenters. The number of ether oxygens (including phenoxy) is 1. The number of amides is 2. The van der Waals surface area contributed by atoms with Gasteiger partial charge in [0, 0.05) is 31.3 Å². The van der Waals surface area contributed by atoms with E-state index in [9.17, 15) is 14.0 Å². The van der Waals surface area contributed by atoms with Crippen LogP contribution in [0.15, 0.2) is 48.5 Å². The number of nitrogens with zero attached hydrogens (tertiary/aromatic N) is 1. The normalized spacial score (nSPS) is 20.3. The number of methoxy groups -OCH3 is 1. The minimum atomic E-state index is -0.633. The van der Waals surface area contributed by atoms with E-state index in [0.29, 0.717) is 24.4 Å². The van der Waals surface area contributed by atoms with Crippen molar-refractivity contribution in [1.29, 1.82) is 0 Å². The van der Waals surface area contributed by atoms with Crippen LogP contribution >= 0.6 is 0 Å². The molecule has 7 heteroatoms. The van der Waals surface area contributed by atoms with Crippen molar-refractivity contribution in [2.75, 3.05) is 20.2 Å². The van der Waals surface area contributed by atoms with E-state index in [1.807, 2.05) is 35.2 Å². The van der Waals surface area contributed by atoms with Crippen molar-refractivity contribution in [3.8, 4) is 5.75 Å². The highest BCUT2D eigenvalue weighted by Gasteiger charge is 2.46. The van der Waals surface area contributed by atoms with E-state index in [2.05, 4.69) is 10.6 Å². The Labute approximate surface area is 175 Å². The number of carbonyl (C=O) groups excluding carboxylic acids is 2. The standard InChI is InChI=1S/C23H26FN3O3/c1-30-18-8-7-16(19(24)13-18)15-27-12-11-25-22(29)20(27)14-21(28)26-23(9-10-23)17-5-3-2-4-6-17/h2-8,13,20H,9-12,14-15H2,1H3,(H,25,29)(H,26,28)/t20-/m1/s1. The lowest BCUT2D eigenvalue weighted by molar-refractivity contribution is -0.134. The second kappa shape index (κ2) is 8.44. The second-order valence-electron chi connectivity index (χ2n) is 7.94. The van der Waals surface area contributed by atoms with Crippen molar-refractivity contribution in [2.45, 2.75) is 37.4 Å². The monoisotopic (exact) mass is 411 g/mol. The third-order valence-corrected chi connectivity index (χ3v) is 5.91. The maximum absolute atomic E-state index is 14.4. The summed E-state index contributed by atoms with van der Waals surface area (Å²) in [5, 5.41) is 5.95. The average Bonchev–Trinajstić information content (AvgIpc) is 3.53. The van der Waals surface area contributed by atoms with E-state index in [1.54, 1.807) is 12.1 Å². The van der Waals surface area contributed by atoms with Crippen molar-refractivity contribution < 1.29 is 18.7 Å². The molecule has 1 aliphatic heterocycles. The molecule has 2 fully saturated rings. The molecule has 1 aliphatic carbocycles. The molecule has 6 nitrogen and oxygen atoms in total. The molecule has 30 heavy (non-hydrogen) atoms. The van der Waals surface area contributed by atoms with Gasteiger partial charge in [0.15, 0.2) is 0 Å². The molecule has 2 aromatic carbocycles. The van der Waals surface area contributed by atoms with Crippen LogP contribution in [0, 0.1) is 5.82 Å². The fourth-order valence-corrected chi connectivity index (χ4v) is 4.04. The second-order valence-corrected chi connectivity index (χ2v) is 7.94. The highest BCUT2D eigenvalue weighted by Crippen LogP contribution is 2.45. The van der Waals surface area contributed by atoms with Gasteiger partial charge < -0.3 is 15.4 Å². The van der Waals surface area contributed by atoms with E-state index >= 15 is 0 Å². The SMILES string of the molecule is COc1ccc(CN2CCNC(=O)[C@H]2CC(=O)NC2(c3ccccc3)CC2)c(F)c1. The number of carbonyl (C=O) groups is 2. The van der Waals surface area contributed by atoms with Crippen LogP contribution in [0.25, 0.3) is 0 Å². The van der Waals surface area contributed by atoms with Crippen molar-refractivity contribution in [3.63, 3.8) is 0 Å². The van der Waals surface area contributed by atoms with Gasteiger partial charge in [0.1, 0.15) is 11.6 Å². The number of hydrogen-bond donors (Lipinski definition) is 2. The Morgan fingerprint density at radius 2 is 2.03 bits per heavy atom. The van der Waals surface area contributed by atoms with Gasteiger partial charge in [-0.2, -0.15) is 0 Å². The third-order valence-electron chi connectivity index (χ3n) is 5.91. The largest absolute Gasteiger partial charge is 0.497 e. The zero-order chi connectivity index (χ0) is 21.1. The predicted molar refractivity (Wildman–Crippen MR) is 110 cm³/mol. The summed E-state index contributed by atoms with van der Waals surface area (Å²) in [5.41, 5.74) is 1.23. The van der Waals surface area contributed by atoms with Crippen LogP contribution in [0.5, 0.6) is 5.75 Å². The van der Waals surface area contributed by atoms with E-state index in [0.717, 1.165) is 18.4 Å². The summed E-state index contributed by atoms with van der Waals surface area (Å²) in [6.45, 7) is 1.28. The number of halogens is 1. The Kier molecular flexibility index (Phi) is 5.72. The molecule has 2 amide bonds. The lowest BCUT2D eigenvalue weighted by atomic mass is 10.0. The summed E-state index contributed by atoms with van der Waals surface area (Å²) in [6.07, 6.45) is 1.82. The van der Waals surface area contributed by atoms with Crippen LogP contribution in [0.2, 0.25) is 0 Å². The Hall–Kier alpha value is -2.93. The van der Waals surface area contributed by atoms with E-state index in [1.165, 1.54) is 13.2 Å². The van der Waals surface area contributed by atoms with Gasteiger partial charge >= 0.3 is 0 Å². The summed E-state index contributed by atoms with van der Waals surface area (Å²) in [4.78, 5) is 27.2. The molecule has 158 valence electrons. The number of hydrogen-bond acceptors (Lipinski definition) is 4. The maximum atomic E-state index is 14.4. The van der Waals surface area contributed by atoms with Crippen molar-refractivity contribution in [3.05, 3.63) is 65.5 Å². The Balaban J connectivity index is 1.44. The molecule has 0 radical (unpaired) electrons. The Morgan fingerprint density at radius 1 is 1.27 bits per heavy atom. The lowest BCUT2D eigenvalue weighted by Crippen LogP contribution is -2.56. The molecule has 2 aliphatic rings. The van der Waals surface area contributed by atoms with Gasteiger partial charge in [0.2, 0.25) is 11.8 Å². The van der Waals surface area contributed by atoms with Crippen LogP contribution < -0.4 is 15.4 Å². The van der Waals surface area contributed by atoms with E-state index in [4.69, 9.17) is 4.74 Å². The van der Waals surface area contributed by atoms with Gasteiger partial charge in [0.25, 0.3) is 0 Å². The predicted octanol–water partition coefficient (Wildman–Crippen LogP) is 2.33. The smallest absolute Gasteiger partial charge is 0.237 e. The van der Waals surface area contributed by atoms with Crippen LogP contribution in [0.1, 0.15) is 30.4 Å². The molecule has 4 rings (SSSR count). The van der Waals surface area contributed by atoms with Crippen LogP contribution in [0.3, 0.4) is 0 Å². The average molecular weight is 411 g/mol. The highest BCUT2D eigenvalue weighted by molar-refractivity contribution is 5.89. The first-order valence-electron chi connectivity index (χ1n) is 10.2. The molecule has 0 unspecified atom stereocenters. The van der Waals surface area contributed by atoms with Gasteiger partial charge in [0.05, 0.1) is 25.1 Å². The van der Waals surface area contributed by atoms with Gasteiger partial charge in [-0.15, -0.1) is 0 Å². The molecule has 2 aromatic rings. The number of piperazine rings is 1. The maximum Gasteiger partial charge on any atom is 0.237 e. The van der Waals surface area contributed by atoms with Crippen LogP contribution in [0.4, 0.5) is 4.39 Å². The van der Waals surface area contributed by atoms with E-state index in [-0.39, 0.29) is 36.1 Å². The molecule has 1 saturated heterocycles. The molecule has 1 saturated carbocycles. The van der Waals surface area contributed by atoms with Crippen LogP contribution in [-0.2, 0) is 21.7 Å². The molecule has 0 aromatic heterocycles. The van der Waals surface area contributed by atoms with Crippen LogP contribution in [-0.4, -0.2) is 43.0 Å². The van der Waals surface area contributed by atoms with Crippen molar-refractivity contribution in [1.82, 2.24) is 15.5 Å².